The smallest absolute Gasteiger partial charge is 0.261 e. The Kier molecular flexibility index (Phi) is 8.27. The SMILES string of the molecule is Cc1ccc(S(=O)(=O)Nc2ccc(SC(C)C(=O)Nc3nc(-c4ccc(Cl)cc4Cl)cs3)cc2)cc1. The van der Waals surface area contributed by atoms with Crippen LogP contribution in [0.4, 0.5) is 10.8 Å². The van der Waals surface area contributed by atoms with Crippen LogP contribution in [-0.2, 0) is 14.8 Å². The van der Waals surface area contributed by atoms with Crippen LogP contribution in [0.25, 0.3) is 11.3 Å². The fourth-order valence-corrected chi connectivity index (χ4v) is 6.29. The van der Waals surface area contributed by atoms with E-state index in [1.807, 2.05) is 12.3 Å². The van der Waals surface area contributed by atoms with Gasteiger partial charge in [-0.1, -0.05) is 40.9 Å². The summed E-state index contributed by atoms with van der Waals surface area (Å²) in [6, 6.07) is 18.7. The molecule has 0 saturated carbocycles. The van der Waals surface area contributed by atoms with Crippen molar-refractivity contribution in [3.05, 3.63) is 87.7 Å². The fraction of sp³-hybridized carbons (Fsp3) is 0.120. The molecule has 0 aliphatic heterocycles. The third kappa shape index (κ3) is 6.60. The molecular formula is C25H21Cl2N3O3S3. The number of rotatable bonds is 8. The first-order valence-electron chi connectivity index (χ1n) is 10.7. The third-order valence-electron chi connectivity index (χ3n) is 5.06. The molecule has 6 nitrogen and oxygen atoms in total. The van der Waals surface area contributed by atoms with Gasteiger partial charge in [-0.2, -0.15) is 0 Å². The predicted octanol–water partition coefficient (Wildman–Crippen LogP) is 7.35. The van der Waals surface area contributed by atoms with Gasteiger partial charge in [-0.25, -0.2) is 13.4 Å². The van der Waals surface area contributed by atoms with Gasteiger partial charge in [0.2, 0.25) is 5.91 Å². The summed E-state index contributed by atoms with van der Waals surface area (Å²) in [5.41, 5.74) is 2.81. The van der Waals surface area contributed by atoms with Gasteiger partial charge < -0.3 is 5.32 Å². The van der Waals surface area contributed by atoms with Crippen molar-refractivity contribution in [2.45, 2.75) is 28.9 Å². The minimum Gasteiger partial charge on any atom is -0.301 e. The Morgan fingerprint density at radius 3 is 2.39 bits per heavy atom. The molecule has 0 saturated heterocycles. The molecular weight excluding hydrogens is 557 g/mol. The summed E-state index contributed by atoms with van der Waals surface area (Å²) < 4.78 is 27.7. The number of carbonyl (C=O) groups is 1. The van der Waals surface area contributed by atoms with E-state index in [9.17, 15) is 13.2 Å². The predicted molar refractivity (Wildman–Crippen MR) is 150 cm³/mol. The topological polar surface area (TPSA) is 88.2 Å². The second kappa shape index (κ2) is 11.2. The van der Waals surface area contributed by atoms with Crippen molar-refractivity contribution in [2.75, 3.05) is 10.0 Å². The zero-order chi connectivity index (χ0) is 25.9. The number of nitrogens with one attached hydrogen (secondary N) is 2. The van der Waals surface area contributed by atoms with E-state index in [4.69, 9.17) is 23.2 Å². The van der Waals surface area contributed by atoms with Crippen LogP contribution in [0, 0.1) is 6.92 Å². The Balaban J connectivity index is 1.35. The zero-order valence-electron chi connectivity index (χ0n) is 19.2. The molecule has 186 valence electrons. The van der Waals surface area contributed by atoms with Gasteiger partial charge in [0, 0.05) is 26.5 Å². The Labute approximate surface area is 228 Å². The largest absolute Gasteiger partial charge is 0.301 e. The molecule has 0 radical (unpaired) electrons. The number of halogens is 2. The summed E-state index contributed by atoms with van der Waals surface area (Å²) in [6.07, 6.45) is 0. The second-order valence-electron chi connectivity index (χ2n) is 7.85. The molecule has 0 aliphatic carbocycles. The van der Waals surface area contributed by atoms with Crippen molar-refractivity contribution in [1.82, 2.24) is 4.98 Å². The molecule has 4 aromatic rings. The van der Waals surface area contributed by atoms with Gasteiger partial charge >= 0.3 is 0 Å². The van der Waals surface area contributed by atoms with Crippen LogP contribution in [-0.4, -0.2) is 24.6 Å². The van der Waals surface area contributed by atoms with Crippen LogP contribution < -0.4 is 10.0 Å². The number of benzene rings is 3. The Hall–Kier alpha value is -2.56. The van der Waals surface area contributed by atoms with Gasteiger partial charge in [0.1, 0.15) is 0 Å². The number of aryl methyl sites for hydroxylation is 1. The molecule has 1 aromatic heterocycles. The standard InChI is InChI=1S/C25H21Cl2N3O3S3/c1-15-3-10-20(11-4-15)36(32,33)30-18-6-8-19(9-7-18)35-16(2)24(31)29-25-28-23(14-34-25)21-12-5-17(26)13-22(21)27/h3-14,16,30H,1-2H3,(H,28,29,31). The minimum atomic E-state index is -3.68. The van der Waals surface area contributed by atoms with Crippen LogP contribution in [0.1, 0.15) is 12.5 Å². The molecule has 1 amide bonds. The van der Waals surface area contributed by atoms with E-state index in [1.165, 1.54) is 23.1 Å². The number of anilines is 2. The van der Waals surface area contributed by atoms with E-state index in [0.717, 1.165) is 16.0 Å². The highest BCUT2D eigenvalue weighted by atomic mass is 35.5. The number of nitrogens with zero attached hydrogens (tertiary/aromatic N) is 1. The molecule has 11 heteroatoms. The molecule has 0 fully saturated rings. The molecule has 4 rings (SSSR count). The van der Waals surface area contributed by atoms with Crippen molar-refractivity contribution in [3.63, 3.8) is 0 Å². The van der Waals surface area contributed by atoms with Gasteiger partial charge in [-0.15, -0.1) is 23.1 Å². The number of hydrogen-bond donors (Lipinski definition) is 2. The van der Waals surface area contributed by atoms with Gasteiger partial charge in [0.25, 0.3) is 10.0 Å². The van der Waals surface area contributed by atoms with E-state index < -0.39 is 15.3 Å². The lowest BCUT2D eigenvalue weighted by atomic mass is 10.2. The van der Waals surface area contributed by atoms with Crippen LogP contribution >= 0.6 is 46.3 Å². The molecule has 36 heavy (non-hydrogen) atoms. The summed E-state index contributed by atoms with van der Waals surface area (Å²) in [5.74, 6) is -0.202. The third-order valence-corrected chi connectivity index (χ3v) is 8.88. The number of thiazole rings is 1. The lowest BCUT2D eigenvalue weighted by Gasteiger charge is -2.12. The van der Waals surface area contributed by atoms with Crippen LogP contribution in [0.2, 0.25) is 10.0 Å². The first kappa shape index (κ1) is 26.5. The molecule has 1 atom stereocenters. The Bertz CT molecular complexity index is 1490. The molecule has 1 unspecified atom stereocenters. The monoisotopic (exact) mass is 577 g/mol. The lowest BCUT2D eigenvalue weighted by Crippen LogP contribution is -2.22. The molecule has 0 bridgehead atoms. The van der Waals surface area contributed by atoms with Crippen LogP contribution in [0.15, 0.2) is 81.9 Å². The number of aromatic nitrogens is 1. The highest BCUT2D eigenvalue weighted by Crippen LogP contribution is 2.33. The van der Waals surface area contributed by atoms with E-state index in [2.05, 4.69) is 15.0 Å². The van der Waals surface area contributed by atoms with Gasteiger partial charge in [-0.3, -0.25) is 9.52 Å². The lowest BCUT2D eigenvalue weighted by molar-refractivity contribution is -0.115. The van der Waals surface area contributed by atoms with E-state index in [-0.39, 0.29) is 10.8 Å². The normalized spacial score (nSPS) is 12.2. The molecule has 2 N–H and O–H groups in total. The Morgan fingerprint density at radius 1 is 1.03 bits per heavy atom. The van der Waals surface area contributed by atoms with Gasteiger partial charge in [-0.05, 0) is 68.4 Å². The molecule has 1 heterocycles. The van der Waals surface area contributed by atoms with Crippen molar-refractivity contribution in [3.8, 4) is 11.3 Å². The van der Waals surface area contributed by atoms with Gasteiger partial charge in [0.15, 0.2) is 5.13 Å². The quantitative estimate of drug-likeness (QED) is 0.214. The van der Waals surface area contributed by atoms with Crippen molar-refractivity contribution in [1.29, 1.82) is 0 Å². The summed E-state index contributed by atoms with van der Waals surface area (Å²) >= 11 is 14.9. The molecule has 3 aromatic carbocycles. The van der Waals surface area contributed by atoms with E-state index >= 15 is 0 Å². The average Bonchev–Trinajstić information content (AvgIpc) is 3.28. The second-order valence-corrected chi connectivity index (χ2v) is 12.7. The summed E-state index contributed by atoms with van der Waals surface area (Å²) in [6.45, 7) is 3.69. The minimum absolute atomic E-state index is 0.195. The maximum absolute atomic E-state index is 12.7. The Morgan fingerprint density at radius 2 is 1.72 bits per heavy atom. The fourth-order valence-electron chi connectivity index (χ4n) is 3.15. The zero-order valence-corrected chi connectivity index (χ0v) is 23.1. The first-order valence-corrected chi connectivity index (χ1v) is 14.7. The number of amides is 1. The summed E-state index contributed by atoms with van der Waals surface area (Å²) in [4.78, 5) is 18.2. The number of sulfonamides is 1. The molecule has 0 aliphatic rings. The highest BCUT2D eigenvalue weighted by Gasteiger charge is 2.18. The maximum atomic E-state index is 12.7. The summed E-state index contributed by atoms with van der Waals surface area (Å²) in [7, 11) is -3.68. The average molecular weight is 579 g/mol. The maximum Gasteiger partial charge on any atom is 0.261 e. The number of carbonyl (C=O) groups excluding carboxylic acids is 1. The van der Waals surface area contributed by atoms with Gasteiger partial charge in [0.05, 0.1) is 20.9 Å². The summed E-state index contributed by atoms with van der Waals surface area (Å²) in [5, 5.41) is 5.73. The van der Waals surface area contributed by atoms with Crippen LogP contribution in [0.5, 0.6) is 0 Å². The number of thioether (sulfide) groups is 1. The highest BCUT2D eigenvalue weighted by molar-refractivity contribution is 8.00. The van der Waals surface area contributed by atoms with Crippen LogP contribution in [0.3, 0.4) is 0 Å². The molecule has 0 spiro atoms. The van der Waals surface area contributed by atoms with E-state index in [1.54, 1.807) is 73.7 Å². The van der Waals surface area contributed by atoms with Crippen molar-refractivity contribution in [2.24, 2.45) is 0 Å². The van der Waals surface area contributed by atoms with E-state index in [0.29, 0.717) is 26.6 Å². The first-order chi connectivity index (χ1) is 17.1. The number of hydrogen-bond acceptors (Lipinski definition) is 6. The van der Waals surface area contributed by atoms with Crippen molar-refractivity contribution < 1.29 is 13.2 Å². The van der Waals surface area contributed by atoms with Crippen molar-refractivity contribution >= 4 is 73.0 Å².